The highest BCUT2D eigenvalue weighted by Crippen LogP contribution is 2.49. The van der Waals surface area contributed by atoms with Gasteiger partial charge in [-0.25, -0.2) is 28.6 Å². The molecule has 0 bridgehead atoms. The van der Waals surface area contributed by atoms with Crippen molar-refractivity contribution in [1.29, 1.82) is 0 Å². The molecule has 2 aromatic heterocycles. The smallest absolute Gasteiger partial charge is 0.443 e. The first-order valence-electron chi connectivity index (χ1n) is 18.2. The molecule has 3 heterocycles. The Hall–Kier alpha value is -3.60. The summed E-state index contributed by atoms with van der Waals surface area (Å²) in [5, 5.41) is 9.63. The van der Waals surface area contributed by atoms with Crippen molar-refractivity contribution in [3.05, 3.63) is 35.1 Å². The number of ether oxygens (including phenoxy) is 6. The van der Waals surface area contributed by atoms with Crippen molar-refractivity contribution in [3.8, 4) is 0 Å². The van der Waals surface area contributed by atoms with E-state index in [1.54, 1.807) is 64.1 Å². The molecule has 1 aliphatic heterocycles. The number of anilines is 1. The van der Waals surface area contributed by atoms with E-state index in [-0.39, 0.29) is 36.8 Å². The first-order chi connectivity index (χ1) is 24.8. The monoisotopic (exact) mass is 758 g/mol. The summed E-state index contributed by atoms with van der Waals surface area (Å²) in [4.78, 5) is 37.5. The molecule has 2 unspecified atom stereocenters. The third kappa shape index (κ3) is 9.03. The van der Waals surface area contributed by atoms with Gasteiger partial charge in [-0.05, 0) is 92.3 Å². The number of rotatable bonds is 11. The molecule has 2 saturated carbocycles. The fourth-order valence-corrected chi connectivity index (χ4v) is 7.40. The molecule has 16 heteroatoms. The Morgan fingerprint density at radius 3 is 2.43 bits per heavy atom. The number of nitrogens with zero attached hydrogens (tertiary/aromatic N) is 6. The fraction of sp³-hybridized carbons (Fsp3) is 0.676. The summed E-state index contributed by atoms with van der Waals surface area (Å²) in [6, 6.07) is 4.42. The molecule has 0 spiro atoms. The summed E-state index contributed by atoms with van der Waals surface area (Å²) in [6.45, 7) is 18.3. The molecule has 0 radical (unpaired) electrons. The van der Waals surface area contributed by atoms with E-state index in [1.807, 2.05) is 19.9 Å². The zero-order chi connectivity index (χ0) is 38.5. The number of amides is 1. The molecule has 3 aromatic rings. The predicted molar refractivity (Wildman–Crippen MR) is 195 cm³/mol. The van der Waals surface area contributed by atoms with Crippen molar-refractivity contribution in [3.63, 3.8) is 0 Å². The van der Waals surface area contributed by atoms with Crippen molar-refractivity contribution in [1.82, 2.24) is 25.0 Å². The van der Waals surface area contributed by atoms with Crippen molar-refractivity contribution in [2.24, 2.45) is 0 Å². The van der Waals surface area contributed by atoms with Crippen LogP contribution >= 0.6 is 11.8 Å². The molecular formula is C37H51FN6O8S. The zero-order valence-electron chi connectivity index (χ0n) is 32.2. The van der Waals surface area contributed by atoms with Gasteiger partial charge in [0.25, 0.3) is 0 Å². The third-order valence-electron chi connectivity index (χ3n) is 8.97. The van der Waals surface area contributed by atoms with Gasteiger partial charge < -0.3 is 28.4 Å². The van der Waals surface area contributed by atoms with Crippen molar-refractivity contribution in [2.75, 3.05) is 23.9 Å². The summed E-state index contributed by atoms with van der Waals surface area (Å²) in [5.41, 5.74) is 0.625. The van der Waals surface area contributed by atoms with E-state index < -0.39 is 53.6 Å². The van der Waals surface area contributed by atoms with Crippen LogP contribution in [0.25, 0.3) is 11.2 Å². The molecule has 290 valence electrons. The number of benzene rings is 1. The minimum absolute atomic E-state index is 0.00351. The molecular weight excluding hydrogens is 708 g/mol. The van der Waals surface area contributed by atoms with Crippen LogP contribution in [-0.2, 0) is 28.4 Å². The lowest BCUT2D eigenvalue weighted by atomic mass is 10.1. The van der Waals surface area contributed by atoms with Gasteiger partial charge in [-0.15, -0.1) is 5.10 Å². The molecule has 3 aliphatic rings. The van der Waals surface area contributed by atoms with E-state index in [0.717, 1.165) is 17.7 Å². The van der Waals surface area contributed by atoms with E-state index in [2.05, 4.69) is 17.2 Å². The number of carbonyl (C=O) groups is 2. The summed E-state index contributed by atoms with van der Waals surface area (Å²) < 4.78 is 51.7. The Bertz CT molecular complexity index is 1830. The van der Waals surface area contributed by atoms with E-state index in [0.29, 0.717) is 34.7 Å². The Kier molecular flexibility index (Phi) is 11.0. The minimum Gasteiger partial charge on any atom is -0.443 e. The van der Waals surface area contributed by atoms with Crippen molar-refractivity contribution in [2.45, 2.75) is 147 Å². The lowest BCUT2D eigenvalue weighted by Crippen LogP contribution is -2.39. The molecule has 0 N–H and O–H groups in total. The molecule has 6 atom stereocenters. The number of thioether (sulfide) groups is 1. The van der Waals surface area contributed by atoms with Crippen LogP contribution < -0.4 is 4.90 Å². The predicted octanol–water partition coefficient (Wildman–Crippen LogP) is 7.27. The standard InChI is InChI=1S/C37H51FN6O8S/c1-11-16-53-32-39-30(43(33(45)51-35(3,4)5)24-18-22(24)21-13-12-20(2)23(38)17-21)27-31(40-32)44(42-41-27)25-19-26(29-28(25)49-37(9,10)50-29)47-14-15-48-34(46)52-36(6,7)8/h12-13,17,22,24-26,28-29H,11,14-16,18-19H2,1-10H3/t22?,24?,25-,26+,28+,29-/m1/s1. The number of hydrogen-bond acceptors (Lipinski definition) is 13. The van der Waals surface area contributed by atoms with E-state index in [1.165, 1.54) is 17.8 Å². The zero-order valence-corrected chi connectivity index (χ0v) is 33.0. The van der Waals surface area contributed by atoms with Gasteiger partial charge in [0.2, 0.25) is 0 Å². The number of aromatic nitrogens is 5. The van der Waals surface area contributed by atoms with Crippen LogP contribution in [-0.4, -0.2) is 97.5 Å². The summed E-state index contributed by atoms with van der Waals surface area (Å²) >= 11 is 1.47. The van der Waals surface area contributed by atoms with Gasteiger partial charge in [-0.3, -0.25) is 4.90 Å². The number of aryl methyl sites for hydroxylation is 1. The van der Waals surface area contributed by atoms with Crippen LogP contribution in [0.2, 0.25) is 0 Å². The minimum atomic E-state index is -0.898. The maximum atomic E-state index is 14.7. The van der Waals surface area contributed by atoms with Gasteiger partial charge in [-0.2, -0.15) is 0 Å². The summed E-state index contributed by atoms with van der Waals surface area (Å²) in [7, 11) is 0. The van der Waals surface area contributed by atoms with Crippen LogP contribution in [0.5, 0.6) is 0 Å². The summed E-state index contributed by atoms with van der Waals surface area (Å²) in [6.07, 6.45) is -0.805. The molecule has 1 aromatic carbocycles. The Morgan fingerprint density at radius 2 is 1.75 bits per heavy atom. The van der Waals surface area contributed by atoms with Crippen LogP contribution in [0.15, 0.2) is 23.4 Å². The largest absolute Gasteiger partial charge is 0.508 e. The second-order valence-electron chi connectivity index (χ2n) is 16.2. The van der Waals surface area contributed by atoms with E-state index in [4.69, 9.17) is 38.4 Å². The van der Waals surface area contributed by atoms with Gasteiger partial charge in [0.15, 0.2) is 27.9 Å². The Balaban J connectivity index is 1.33. The highest BCUT2D eigenvalue weighted by Gasteiger charge is 2.56. The average molecular weight is 759 g/mol. The first kappa shape index (κ1) is 39.1. The molecule has 6 rings (SSSR count). The topological polar surface area (TPSA) is 149 Å². The van der Waals surface area contributed by atoms with E-state index >= 15 is 0 Å². The quantitative estimate of drug-likeness (QED) is 0.0836. The molecule has 1 amide bonds. The Morgan fingerprint density at radius 1 is 1.04 bits per heavy atom. The molecule has 2 aliphatic carbocycles. The van der Waals surface area contributed by atoms with Crippen molar-refractivity contribution >= 4 is 41.0 Å². The molecule has 1 saturated heterocycles. The van der Waals surface area contributed by atoms with Gasteiger partial charge in [0, 0.05) is 24.1 Å². The highest BCUT2D eigenvalue weighted by atomic mass is 32.2. The molecule has 14 nitrogen and oxygen atoms in total. The number of halogens is 1. The third-order valence-corrected chi connectivity index (χ3v) is 10.0. The Labute approximate surface area is 313 Å². The average Bonchev–Trinajstić information content (AvgIpc) is 3.43. The SMILES string of the molecule is CCCSc1nc(N(C(=O)OC(C)(C)C)C2CC2c2ccc(C)c(F)c2)c2nnn([C@@H]3C[C@H](OCCOC(=O)OC(C)(C)C)[C@H]4OC(C)(C)O[C@H]43)c2n1. The summed E-state index contributed by atoms with van der Waals surface area (Å²) in [5.74, 6) is -0.306. The lowest BCUT2D eigenvalue weighted by Gasteiger charge is -2.27. The van der Waals surface area contributed by atoms with Crippen LogP contribution in [0, 0.1) is 12.7 Å². The highest BCUT2D eigenvalue weighted by molar-refractivity contribution is 7.99. The fourth-order valence-electron chi connectivity index (χ4n) is 6.72. The maximum Gasteiger partial charge on any atom is 0.508 e. The van der Waals surface area contributed by atoms with E-state index in [9.17, 15) is 14.0 Å². The number of hydrogen-bond donors (Lipinski definition) is 0. The lowest BCUT2D eigenvalue weighted by molar-refractivity contribution is -0.171. The van der Waals surface area contributed by atoms with Crippen LogP contribution in [0.1, 0.15) is 105 Å². The normalized spacial score (nSPS) is 25.0. The molecule has 3 fully saturated rings. The van der Waals surface area contributed by atoms with Crippen molar-refractivity contribution < 1.29 is 42.4 Å². The number of fused-ring (bicyclic) bond motifs is 2. The van der Waals surface area contributed by atoms with Crippen LogP contribution in [0.3, 0.4) is 0 Å². The second kappa shape index (κ2) is 14.9. The first-order valence-corrected chi connectivity index (χ1v) is 19.2. The maximum absolute atomic E-state index is 14.7. The molecule has 53 heavy (non-hydrogen) atoms. The van der Waals surface area contributed by atoms with Crippen LogP contribution in [0.4, 0.5) is 19.8 Å². The second-order valence-corrected chi connectivity index (χ2v) is 17.3. The van der Waals surface area contributed by atoms with Gasteiger partial charge in [-0.1, -0.05) is 36.0 Å². The van der Waals surface area contributed by atoms with Gasteiger partial charge in [0.05, 0.1) is 18.8 Å². The number of carbonyl (C=O) groups excluding carboxylic acids is 2. The van der Waals surface area contributed by atoms with Gasteiger partial charge in [0.1, 0.15) is 35.8 Å². The van der Waals surface area contributed by atoms with Gasteiger partial charge >= 0.3 is 12.2 Å².